The van der Waals surface area contributed by atoms with Gasteiger partial charge in [-0.1, -0.05) is 17.7 Å². The lowest BCUT2D eigenvalue weighted by molar-refractivity contribution is 0.102. The molecule has 1 N–H and O–H groups in total. The van der Waals surface area contributed by atoms with Gasteiger partial charge in [0.25, 0.3) is 5.91 Å². The van der Waals surface area contributed by atoms with E-state index < -0.39 is 0 Å². The van der Waals surface area contributed by atoms with E-state index >= 15 is 0 Å². The van der Waals surface area contributed by atoms with Crippen LogP contribution in [0.25, 0.3) is 5.69 Å². The second-order valence-corrected chi connectivity index (χ2v) is 4.49. The van der Waals surface area contributed by atoms with E-state index in [1.165, 1.54) is 11.0 Å². The van der Waals surface area contributed by atoms with Crippen molar-refractivity contribution in [2.24, 2.45) is 0 Å². The summed E-state index contributed by atoms with van der Waals surface area (Å²) in [5, 5.41) is 13.9. The fourth-order valence-electron chi connectivity index (χ4n) is 1.71. The van der Waals surface area contributed by atoms with Gasteiger partial charge < -0.3 is 5.32 Å². The maximum absolute atomic E-state index is 12.0. The van der Waals surface area contributed by atoms with E-state index in [2.05, 4.69) is 25.8 Å². The first-order chi connectivity index (χ1) is 10.2. The summed E-state index contributed by atoms with van der Waals surface area (Å²) in [6.07, 6.45) is 1.49. The van der Waals surface area contributed by atoms with Crippen LogP contribution >= 0.6 is 11.6 Å². The Kier molecular flexibility index (Phi) is 3.57. The maximum Gasteiger partial charge on any atom is 0.274 e. The zero-order chi connectivity index (χ0) is 14.7. The Labute approximate surface area is 124 Å². The van der Waals surface area contributed by atoms with Crippen LogP contribution in [0, 0.1) is 0 Å². The van der Waals surface area contributed by atoms with Gasteiger partial charge in [-0.15, -0.1) is 5.10 Å². The second kappa shape index (κ2) is 5.68. The number of aromatic nitrogens is 5. The number of benzene rings is 1. The monoisotopic (exact) mass is 300 g/mol. The molecule has 0 unspecified atom stereocenters. The highest BCUT2D eigenvalue weighted by molar-refractivity contribution is 6.29. The molecule has 21 heavy (non-hydrogen) atoms. The Balaban J connectivity index is 1.75. The maximum atomic E-state index is 12.0. The number of tetrazole rings is 1. The van der Waals surface area contributed by atoms with Gasteiger partial charge in [0.1, 0.15) is 17.2 Å². The summed E-state index contributed by atoms with van der Waals surface area (Å²) >= 11 is 5.76. The van der Waals surface area contributed by atoms with Crippen LogP contribution in [0.2, 0.25) is 5.15 Å². The lowest BCUT2D eigenvalue weighted by Crippen LogP contribution is -2.13. The third-order valence-electron chi connectivity index (χ3n) is 2.69. The first kappa shape index (κ1) is 13.2. The first-order valence-corrected chi connectivity index (χ1v) is 6.37. The van der Waals surface area contributed by atoms with Crippen molar-refractivity contribution in [1.29, 1.82) is 0 Å². The van der Waals surface area contributed by atoms with E-state index in [1.54, 1.807) is 42.5 Å². The van der Waals surface area contributed by atoms with E-state index in [0.717, 1.165) is 5.69 Å². The van der Waals surface area contributed by atoms with Gasteiger partial charge in [-0.2, -0.15) is 0 Å². The molecule has 7 nitrogen and oxygen atoms in total. The molecule has 0 bridgehead atoms. The third kappa shape index (κ3) is 3.03. The molecular formula is C13H9ClN6O. The molecule has 0 spiro atoms. The molecule has 0 aliphatic carbocycles. The molecule has 0 saturated carbocycles. The Morgan fingerprint density at radius 2 is 1.95 bits per heavy atom. The van der Waals surface area contributed by atoms with Crippen LogP contribution in [0.15, 0.2) is 48.8 Å². The van der Waals surface area contributed by atoms with Gasteiger partial charge >= 0.3 is 0 Å². The quantitative estimate of drug-likeness (QED) is 0.747. The molecule has 0 fully saturated rings. The summed E-state index contributed by atoms with van der Waals surface area (Å²) in [4.78, 5) is 16.0. The van der Waals surface area contributed by atoms with E-state index in [-0.39, 0.29) is 16.8 Å². The second-order valence-electron chi connectivity index (χ2n) is 4.10. The molecule has 0 radical (unpaired) electrons. The Bertz CT molecular complexity index is 757. The highest BCUT2D eigenvalue weighted by Crippen LogP contribution is 2.13. The summed E-state index contributed by atoms with van der Waals surface area (Å²) in [5.41, 5.74) is 1.68. The molecule has 0 aliphatic heterocycles. The minimum Gasteiger partial charge on any atom is -0.321 e. The van der Waals surface area contributed by atoms with Crippen LogP contribution in [0.1, 0.15) is 10.5 Å². The number of nitrogens with one attached hydrogen (secondary N) is 1. The zero-order valence-corrected chi connectivity index (χ0v) is 11.4. The lowest BCUT2D eigenvalue weighted by Gasteiger charge is -2.06. The molecule has 8 heteroatoms. The van der Waals surface area contributed by atoms with Crippen LogP contribution in [-0.2, 0) is 0 Å². The normalized spacial score (nSPS) is 10.3. The molecule has 0 atom stereocenters. The van der Waals surface area contributed by atoms with Crippen molar-refractivity contribution in [3.63, 3.8) is 0 Å². The highest BCUT2D eigenvalue weighted by Gasteiger charge is 2.08. The molecule has 2 aromatic heterocycles. The van der Waals surface area contributed by atoms with Crippen molar-refractivity contribution >= 4 is 23.2 Å². The summed E-state index contributed by atoms with van der Waals surface area (Å²) < 4.78 is 1.52. The van der Waals surface area contributed by atoms with E-state index in [4.69, 9.17) is 11.6 Å². The largest absolute Gasteiger partial charge is 0.321 e. The fraction of sp³-hybridized carbons (Fsp3) is 0. The number of hydrogen-bond donors (Lipinski definition) is 1. The van der Waals surface area contributed by atoms with Crippen molar-refractivity contribution in [3.8, 4) is 5.69 Å². The number of rotatable bonds is 3. The van der Waals surface area contributed by atoms with Crippen LogP contribution in [0.4, 0.5) is 5.69 Å². The van der Waals surface area contributed by atoms with Gasteiger partial charge in [0, 0.05) is 5.69 Å². The van der Waals surface area contributed by atoms with Gasteiger partial charge in [-0.05, 0) is 46.8 Å². The fourth-order valence-corrected chi connectivity index (χ4v) is 1.87. The highest BCUT2D eigenvalue weighted by atomic mass is 35.5. The number of carbonyl (C=O) groups excluding carboxylic acids is 1. The van der Waals surface area contributed by atoms with Crippen LogP contribution in [0.3, 0.4) is 0 Å². The average Bonchev–Trinajstić information content (AvgIpc) is 3.02. The number of amides is 1. The molecule has 0 saturated heterocycles. The van der Waals surface area contributed by atoms with E-state index in [1.807, 2.05) is 0 Å². The predicted octanol–water partition coefficient (Wildman–Crippen LogP) is 1.96. The summed E-state index contributed by atoms with van der Waals surface area (Å²) in [7, 11) is 0. The Hall–Kier alpha value is -2.80. The molecule has 2 heterocycles. The predicted molar refractivity (Wildman–Crippen MR) is 76.4 cm³/mol. The number of halogens is 1. The molecular weight excluding hydrogens is 292 g/mol. The molecule has 104 valence electrons. The topological polar surface area (TPSA) is 85.6 Å². The van der Waals surface area contributed by atoms with Gasteiger partial charge in [-0.3, -0.25) is 4.79 Å². The molecule has 3 aromatic rings. The average molecular weight is 301 g/mol. The lowest BCUT2D eigenvalue weighted by atomic mass is 10.2. The van der Waals surface area contributed by atoms with Gasteiger partial charge in [0.05, 0.1) is 5.69 Å². The summed E-state index contributed by atoms with van der Waals surface area (Å²) in [6, 6.07) is 12.0. The van der Waals surface area contributed by atoms with Crippen LogP contribution < -0.4 is 5.32 Å². The standard InChI is InChI=1S/C13H9ClN6O/c14-12-3-1-2-11(17-12)13(21)16-9-4-6-10(7-5-9)20-8-15-18-19-20/h1-8H,(H,16,21). The SMILES string of the molecule is O=C(Nc1ccc(-n2cnnn2)cc1)c1cccc(Cl)n1. The van der Waals surface area contributed by atoms with Crippen molar-refractivity contribution in [3.05, 3.63) is 59.6 Å². The number of pyridine rings is 1. The van der Waals surface area contributed by atoms with Gasteiger partial charge in [0.15, 0.2) is 0 Å². The van der Waals surface area contributed by atoms with E-state index in [0.29, 0.717) is 5.69 Å². The number of nitrogens with zero attached hydrogens (tertiary/aromatic N) is 5. The Morgan fingerprint density at radius 1 is 1.14 bits per heavy atom. The smallest absolute Gasteiger partial charge is 0.274 e. The summed E-state index contributed by atoms with van der Waals surface area (Å²) in [5.74, 6) is -0.326. The van der Waals surface area contributed by atoms with Crippen LogP contribution in [0.5, 0.6) is 0 Å². The van der Waals surface area contributed by atoms with Crippen LogP contribution in [-0.4, -0.2) is 31.1 Å². The van der Waals surface area contributed by atoms with Crippen molar-refractivity contribution in [2.75, 3.05) is 5.32 Å². The number of hydrogen-bond acceptors (Lipinski definition) is 5. The summed E-state index contributed by atoms with van der Waals surface area (Å²) in [6.45, 7) is 0. The van der Waals surface area contributed by atoms with Gasteiger partial charge in [0.2, 0.25) is 0 Å². The third-order valence-corrected chi connectivity index (χ3v) is 2.90. The van der Waals surface area contributed by atoms with Crippen molar-refractivity contribution < 1.29 is 4.79 Å². The number of anilines is 1. The molecule has 1 amide bonds. The molecule has 1 aromatic carbocycles. The van der Waals surface area contributed by atoms with E-state index in [9.17, 15) is 4.79 Å². The Morgan fingerprint density at radius 3 is 2.62 bits per heavy atom. The molecule has 0 aliphatic rings. The number of carbonyl (C=O) groups is 1. The minimum atomic E-state index is -0.326. The van der Waals surface area contributed by atoms with Crippen molar-refractivity contribution in [1.82, 2.24) is 25.2 Å². The van der Waals surface area contributed by atoms with Gasteiger partial charge in [-0.25, -0.2) is 9.67 Å². The van der Waals surface area contributed by atoms with Crippen molar-refractivity contribution in [2.45, 2.75) is 0 Å². The zero-order valence-electron chi connectivity index (χ0n) is 10.6. The first-order valence-electron chi connectivity index (χ1n) is 6.00. The minimum absolute atomic E-state index is 0.257. The molecule has 3 rings (SSSR count).